The number of rotatable bonds is 3. The Morgan fingerprint density at radius 3 is 2.40 bits per heavy atom. The molecule has 8 heteroatoms. The van der Waals surface area contributed by atoms with Crippen LogP contribution in [-0.2, 0) is 4.79 Å². The molecule has 20 heavy (non-hydrogen) atoms. The van der Waals surface area contributed by atoms with Crippen molar-refractivity contribution in [3.63, 3.8) is 0 Å². The molecule has 1 aliphatic rings. The maximum atomic E-state index is 11.7. The van der Waals surface area contributed by atoms with Gasteiger partial charge < -0.3 is 10.6 Å². The maximum Gasteiger partial charge on any atom is 0.318 e. The van der Waals surface area contributed by atoms with Crippen molar-refractivity contribution in [1.82, 2.24) is 20.2 Å². The third-order valence-corrected chi connectivity index (χ3v) is 3.32. The van der Waals surface area contributed by atoms with E-state index in [1.807, 2.05) is 4.90 Å². The molecule has 0 aromatic carbocycles. The summed E-state index contributed by atoms with van der Waals surface area (Å²) in [7, 11) is 0. The third-order valence-electron chi connectivity index (χ3n) is 3.32. The number of primary amides is 1. The van der Waals surface area contributed by atoms with Gasteiger partial charge in [0.05, 0.1) is 6.04 Å². The minimum Gasteiger partial charge on any atom is -0.351 e. The van der Waals surface area contributed by atoms with E-state index in [9.17, 15) is 9.59 Å². The van der Waals surface area contributed by atoms with Crippen LogP contribution in [0.2, 0.25) is 0 Å². The number of amides is 3. The van der Waals surface area contributed by atoms with Crippen LogP contribution in [-0.4, -0.2) is 59.0 Å². The van der Waals surface area contributed by atoms with E-state index in [-0.39, 0.29) is 11.9 Å². The van der Waals surface area contributed by atoms with E-state index in [2.05, 4.69) is 20.2 Å². The van der Waals surface area contributed by atoms with Crippen molar-refractivity contribution in [2.24, 2.45) is 5.73 Å². The molecule has 1 atom stereocenters. The van der Waals surface area contributed by atoms with Crippen LogP contribution in [0.1, 0.15) is 6.92 Å². The topological polar surface area (TPSA) is 104 Å². The number of carbonyl (C=O) groups is 2. The lowest BCUT2D eigenvalue weighted by Gasteiger charge is -2.37. The highest BCUT2D eigenvalue weighted by molar-refractivity contribution is 5.96. The first-order valence-electron chi connectivity index (χ1n) is 6.44. The predicted octanol–water partition coefficient (Wildman–Crippen LogP) is -0.818. The summed E-state index contributed by atoms with van der Waals surface area (Å²) in [4.78, 5) is 34.9. The highest BCUT2D eigenvalue weighted by atomic mass is 16.2. The van der Waals surface area contributed by atoms with Crippen LogP contribution in [0.3, 0.4) is 0 Å². The second-order valence-electron chi connectivity index (χ2n) is 4.60. The fourth-order valence-electron chi connectivity index (χ4n) is 2.16. The molecule has 0 aliphatic carbocycles. The van der Waals surface area contributed by atoms with Crippen LogP contribution in [0.15, 0.2) is 18.5 Å². The van der Waals surface area contributed by atoms with Crippen molar-refractivity contribution >= 4 is 17.9 Å². The smallest absolute Gasteiger partial charge is 0.318 e. The summed E-state index contributed by atoms with van der Waals surface area (Å²) in [6.45, 7) is 4.63. The zero-order chi connectivity index (χ0) is 14.5. The Morgan fingerprint density at radius 2 is 1.85 bits per heavy atom. The molecule has 0 radical (unpaired) electrons. The molecule has 0 bridgehead atoms. The molecule has 1 aromatic rings. The van der Waals surface area contributed by atoms with Gasteiger partial charge in [0.25, 0.3) is 0 Å². The first-order chi connectivity index (χ1) is 9.58. The minimum absolute atomic E-state index is 0.373. The van der Waals surface area contributed by atoms with Gasteiger partial charge in [0.1, 0.15) is 0 Å². The van der Waals surface area contributed by atoms with E-state index >= 15 is 0 Å². The van der Waals surface area contributed by atoms with Crippen LogP contribution in [0.25, 0.3) is 0 Å². The Hall–Kier alpha value is -2.22. The number of aromatic nitrogens is 2. The van der Waals surface area contributed by atoms with E-state index < -0.39 is 6.03 Å². The number of anilines is 1. The highest BCUT2D eigenvalue weighted by Gasteiger charge is 2.26. The molecule has 1 saturated heterocycles. The Kier molecular flexibility index (Phi) is 4.46. The molecule has 2 heterocycles. The van der Waals surface area contributed by atoms with Gasteiger partial charge in [-0.3, -0.25) is 15.0 Å². The van der Waals surface area contributed by atoms with Crippen molar-refractivity contribution in [2.45, 2.75) is 13.0 Å². The minimum atomic E-state index is -0.821. The molecule has 1 aliphatic heterocycles. The van der Waals surface area contributed by atoms with E-state index in [1.54, 1.807) is 25.4 Å². The number of nitrogens with two attached hydrogens (primary N) is 1. The quantitative estimate of drug-likeness (QED) is 0.748. The number of hydrogen-bond donors (Lipinski definition) is 2. The highest BCUT2D eigenvalue weighted by Crippen LogP contribution is 2.11. The van der Waals surface area contributed by atoms with Gasteiger partial charge in [-0.2, -0.15) is 0 Å². The lowest BCUT2D eigenvalue weighted by molar-refractivity contribution is -0.124. The first-order valence-corrected chi connectivity index (χ1v) is 6.44. The maximum absolute atomic E-state index is 11.7. The fourth-order valence-corrected chi connectivity index (χ4v) is 2.16. The number of imide groups is 1. The normalized spacial score (nSPS) is 17.6. The van der Waals surface area contributed by atoms with Crippen molar-refractivity contribution in [3.8, 4) is 0 Å². The summed E-state index contributed by atoms with van der Waals surface area (Å²) in [5.74, 6) is 0.323. The Morgan fingerprint density at radius 1 is 1.25 bits per heavy atom. The standard InChI is InChI=1S/C12H18N6O2/c1-9(10(19)16-11(13)20)17-5-7-18(8-6-17)12-14-3-2-4-15-12/h2-4,9H,5-8H2,1H3,(H3,13,16,19,20)/t9-/m0/s1. The average molecular weight is 278 g/mol. The molecule has 1 aromatic heterocycles. The molecular weight excluding hydrogens is 260 g/mol. The average Bonchev–Trinajstić information content (AvgIpc) is 2.47. The van der Waals surface area contributed by atoms with Crippen LogP contribution >= 0.6 is 0 Å². The van der Waals surface area contributed by atoms with E-state index in [0.29, 0.717) is 19.0 Å². The molecule has 0 unspecified atom stereocenters. The zero-order valence-electron chi connectivity index (χ0n) is 11.3. The monoisotopic (exact) mass is 278 g/mol. The van der Waals surface area contributed by atoms with Gasteiger partial charge >= 0.3 is 6.03 Å². The largest absolute Gasteiger partial charge is 0.351 e. The van der Waals surface area contributed by atoms with Crippen LogP contribution in [0, 0.1) is 0 Å². The van der Waals surface area contributed by atoms with Gasteiger partial charge in [-0.25, -0.2) is 14.8 Å². The molecule has 1 fully saturated rings. The van der Waals surface area contributed by atoms with Crippen molar-refractivity contribution in [3.05, 3.63) is 18.5 Å². The summed E-state index contributed by atoms with van der Waals surface area (Å²) in [6.07, 6.45) is 3.41. The first kappa shape index (κ1) is 14.2. The molecule has 108 valence electrons. The molecule has 0 spiro atoms. The van der Waals surface area contributed by atoms with Crippen LogP contribution in [0.5, 0.6) is 0 Å². The predicted molar refractivity (Wildman–Crippen MR) is 73.0 cm³/mol. The second-order valence-corrected chi connectivity index (χ2v) is 4.60. The summed E-state index contributed by atoms with van der Waals surface area (Å²) in [6, 6.07) is 0.565. The third kappa shape index (κ3) is 3.41. The van der Waals surface area contributed by atoms with Gasteiger partial charge in [-0.1, -0.05) is 0 Å². The van der Waals surface area contributed by atoms with Gasteiger partial charge in [-0.05, 0) is 13.0 Å². The SMILES string of the molecule is C[C@@H](C(=O)NC(N)=O)N1CCN(c2ncccn2)CC1. The fraction of sp³-hybridized carbons (Fsp3) is 0.500. The molecule has 3 N–H and O–H groups in total. The number of urea groups is 1. The summed E-state index contributed by atoms with van der Waals surface area (Å²) >= 11 is 0. The van der Waals surface area contributed by atoms with E-state index in [1.165, 1.54) is 0 Å². The number of nitrogens with zero attached hydrogens (tertiary/aromatic N) is 4. The van der Waals surface area contributed by atoms with Crippen molar-refractivity contribution in [2.75, 3.05) is 31.1 Å². The van der Waals surface area contributed by atoms with Gasteiger partial charge in [-0.15, -0.1) is 0 Å². The molecule has 3 amide bonds. The zero-order valence-corrected chi connectivity index (χ0v) is 11.3. The Labute approximate surface area is 117 Å². The number of hydrogen-bond acceptors (Lipinski definition) is 6. The van der Waals surface area contributed by atoms with E-state index in [0.717, 1.165) is 13.1 Å². The Bertz CT molecular complexity index is 472. The summed E-state index contributed by atoms with van der Waals surface area (Å²) < 4.78 is 0. The number of piperazine rings is 1. The molecular formula is C12H18N6O2. The van der Waals surface area contributed by atoms with Gasteiger partial charge in [0, 0.05) is 38.6 Å². The second kappa shape index (κ2) is 6.29. The number of carbonyl (C=O) groups excluding carboxylic acids is 2. The summed E-state index contributed by atoms with van der Waals surface area (Å²) in [5.41, 5.74) is 4.94. The summed E-state index contributed by atoms with van der Waals surface area (Å²) in [5, 5.41) is 2.10. The lowest BCUT2D eigenvalue weighted by atomic mass is 10.2. The van der Waals surface area contributed by atoms with E-state index in [4.69, 9.17) is 5.73 Å². The van der Waals surface area contributed by atoms with Crippen molar-refractivity contribution in [1.29, 1.82) is 0 Å². The van der Waals surface area contributed by atoms with Crippen LogP contribution < -0.4 is 16.0 Å². The van der Waals surface area contributed by atoms with Gasteiger partial charge in [0.15, 0.2) is 0 Å². The molecule has 0 saturated carbocycles. The van der Waals surface area contributed by atoms with Crippen molar-refractivity contribution < 1.29 is 9.59 Å². The van der Waals surface area contributed by atoms with Gasteiger partial charge in [0.2, 0.25) is 11.9 Å². The molecule has 2 rings (SSSR count). The Balaban J connectivity index is 1.88. The number of nitrogens with one attached hydrogen (secondary N) is 1. The van der Waals surface area contributed by atoms with Crippen LogP contribution in [0.4, 0.5) is 10.7 Å². The lowest BCUT2D eigenvalue weighted by Crippen LogP contribution is -2.55. The molecule has 8 nitrogen and oxygen atoms in total.